The SMILES string of the molecule is Cc1ccc(Cl)cc1N([C@H](C)C(=O)NCCOc1ccc(S(=O)(=O)N2CCCCC2)cc1)S(C)(=O)=O. The minimum Gasteiger partial charge on any atom is -0.492 e. The van der Waals surface area contributed by atoms with Gasteiger partial charge in [-0.05, 0) is 68.7 Å². The van der Waals surface area contributed by atoms with Crippen molar-refractivity contribution in [2.75, 3.05) is 36.8 Å². The van der Waals surface area contributed by atoms with Crippen LogP contribution in [-0.4, -0.2) is 65.6 Å². The highest BCUT2D eigenvalue weighted by Crippen LogP contribution is 2.28. The molecule has 1 N–H and O–H groups in total. The van der Waals surface area contributed by atoms with Crippen molar-refractivity contribution < 1.29 is 26.4 Å². The molecule has 0 aromatic heterocycles. The molecule has 36 heavy (non-hydrogen) atoms. The zero-order valence-electron chi connectivity index (χ0n) is 20.6. The lowest BCUT2D eigenvalue weighted by molar-refractivity contribution is -0.121. The predicted octanol–water partition coefficient (Wildman–Crippen LogP) is 3.17. The Kier molecular flexibility index (Phi) is 9.26. The van der Waals surface area contributed by atoms with Crippen LogP contribution in [0.15, 0.2) is 47.4 Å². The van der Waals surface area contributed by atoms with Gasteiger partial charge in [-0.2, -0.15) is 4.31 Å². The first-order valence-electron chi connectivity index (χ1n) is 11.7. The second-order valence-corrected chi connectivity index (χ2v) is 13.0. The molecule has 1 saturated heterocycles. The van der Waals surface area contributed by atoms with E-state index in [1.165, 1.54) is 29.4 Å². The van der Waals surface area contributed by atoms with Gasteiger partial charge in [-0.15, -0.1) is 0 Å². The number of amides is 1. The number of piperidine rings is 1. The Morgan fingerprint density at radius 2 is 1.72 bits per heavy atom. The maximum Gasteiger partial charge on any atom is 0.243 e. The summed E-state index contributed by atoms with van der Waals surface area (Å²) >= 11 is 6.06. The maximum atomic E-state index is 12.7. The predicted molar refractivity (Wildman–Crippen MR) is 141 cm³/mol. The Labute approximate surface area is 218 Å². The molecular weight excluding hydrogens is 526 g/mol. The fraction of sp³-hybridized carbons (Fsp3) is 0.458. The van der Waals surface area contributed by atoms with E-state index in [0.29, 0.717) is 35.1 Å². The summed E-state index contributed by atoms with van der Waals surface area (Å²) < 4.78 is 58.7. The van der Waals surface area contributed by atoms with Crippen LogP contribution in [-0.2, 0) is 24.8 Å². The van der Waals surface area contributed by atoms with E-state index in [9.17, 15) is 21.6 Å². The lowest BCUT2D eigenvalue weighted by Crippen LogP contribution is -2.48. The van der Waals surface area contributed by atoms with E-state index in [-0.39, 0.29) is 18.0 Å². The molecule has 12 heteroatoms. The minimum absolute atomic E-state index is 0.117. The van der Waals surface area contributed by atoms with E-state index in [2.05, 4.69) is 5.32 Å². The second kappa shape index (κ2) is 11.8. The van der Waals surface area contributed by atoms with E-state index in [1.54, 1.807) is 31.2 Å². The van der Waals surface area contributed by atoms with E-state index in [1.807, 2.05) is 0 Å². The van der Waals surface area contributed by atoms with E-state index >= 15 is 0 Å². The van der Waals surface area contributed by atoms with Crippen LogP contribution in [0.25, 0.3) is 0 Å². The number of rotatable bonds is 10. The van der Waals surface area contributed by atoms with Gasteiger partial charge in [0.1, 0.15) is 18.4 Å². The van der Waals surface area contributed by atoms with Crippen molar-refractivity contribution in [3.05, 3.63) is 53.1 Å². The number of hydrogen-bond acceptors (Lipinski definition) is 6. The van der Waals surface area contributed by atoms with Crippen molar-refractivity contribution in [3.8, 4) is 5.75 Å². The van der Waals surface area contributed by atoms with Gasteiger partial charge in [0, 0.05) is 18.1 Å². The summed E-state index contributed by atoms with van der Waals surface area (Å²) in [6.07, 6.45) is 3.81. The van der Waals surface area contributed by atoms with Crippen molar-refractivity contribution in [3.63, 3.8) is 0 Å². The number of ether oxygens (including phenoxy) is 1. The summed E-state index contributed by atoms with van der Waals surface area (Å²) in [5.74, 6) is -0.0337. The molecular formula is C24H32ClN3O6S2. The number of hydrogen-bond donors (Lipinski definition) is 1. The first-order chi connectivity index (χ1) is 16.9. The molecule has 2 aromatic rings. The third-order valence-corrected chi connectivity index (χ3v) is 9.32. The summed E-state index contributed by atoms with van der Waals surface area (Å²) in [5, 5.41) is 3.04. The van der Waals surface area contributed by atoms with Gasteiger partial charge in [-0.25, -0.2) is 16.8 Å². The number of nitrogens with one attached hydrogen (secondary N) is 1. The first-order valence-corrected chi connectivity index (χ1v) is 15.3. The zero-order chi connectivity index (χ0) is 26.5. The molecule has 0 saturated carbocycles. The Bertz CT molecular complexity index is 1280. The molecule has 1 aliphatic rings. The van der Waals surface area contributed by atoms with Gasteiger partial charge in [0.25, 0.3) is 0 Å². The van der Waals surface area contributed by atoms with Gasteiger partial charge in [0.05, 0.1) is 23.4 Å². The van der Waals surface area contributed by atoms with Crippen molar-refractivity contribution in [2.45, 2.75) is 44.0 Å². The van der Waals surface area contributed by atoms with Gasteiger partial charge < -0.3 is 10.1 Å². The van der Waals surface area contributed by atoms with Crippen LogP contribution in [0.2, 0.25) is 5.02 Å². The van der Waals surface area contributed by atoms with Crippen molar-refractivity contribution >= 4 is 43.2 Å². The number of halogens is 1. The summed E-state index contributed by atoms with van der Waals surface area (Å²) in [6.45, 7) is 4.55. The molecule has 1 heterocycles. The van der Waals surface area contributed by atoms with Gasteiger partial charge in [-0.1, -0.05) is 24.1 Å². The average Bonchev–Trinajstić information content (AvgIpc) is 2.84. The number of nitrogens with zero attached hydrogens (tertiary/aromatic N) is 2. The fourth-order valence-electron chi connectivity index (χ4n) is 4.05. The molecule has 2 aromatic carbocycles. The quantitative estimate of drug-likeness (QED) is 0.449. The number of aryl methyl sites for hydroxylation is 1. The van der Waals surface area contributed by atoms with E-state index in [4.69, 9.17) is 16.3 Å². The highest BCUT2D eigenvalue weighted by atomic mass is 35.5. The zero-order valence-corrected chi connectivity index (χ0v) is 23.0. The number of anilines is 1. The molecule has 0 unspecified atom stereocenters. The third-order valence-electron chi connectivity index (χ3n) is 5.94. The summed E-state index contributed by atoms with van der Waals surface area (Å²) in [5.41, 5.74) is 1.00. The van der Waals surface area contributed by atoms with Crippen molar-refractivity contribution in [2.24, 2.45) is 0 Å². The van der Waals surface area contributed by atoms with Gasteiger partial charge >= 0.3 is 0 Å². The van der Waals surface area contributed by atoms with Gasteiger partial charge in [-0.3, -0.25) is 9.10 Å². The smallest absolute Gasteiger partial charge is 0.243 e. The molecule has 1 atom stereocenters. The Morgan fingerprint density at radius 1 is 1.08 bits per heavy atom. The number of sulfonamides is 2. The molecule has 1 aliphatic heterocycles. The number of carbonyl (C=O) groups excluding carboxylic acids is 1. The van der Waals surface area contributed by atoms with Crippen LogP contribution < -0.4 is 14.4 Å². The van der Waals surface area contributed by atoms with Crippen LogP contribution in [0.1, 0.15) is 31.7 Å². The van der Waals surface area contributed by atoms with Crippen LogP contribution in [0.4, 0.5) is 5.69 Å². The van der Waals surface area contributed by atoms with E-state index < -0.39 is 32.0 Å². The minimum atomic E-state index is -3.77. The van der Waals surface area contributed by atoms with Crippen LogP contribution >= 0.6 is 11.6 Å². The summed E-state index contributed by atoms with van der Waals surface area (Å²) in [7, 11) is -7.28. The highest BCUT2D eigenvalue weighted by molar-refractivity contribution is 7.92. The third kappa shape index (κ3) is 6.90. The van der Waals surface area contributed by atoms with E-state index in [0.717, 1.165) is 29.8 Å². The molecule has 198 valence electrons. The molecule has 3 rings (SSSR count). The monoisotopic (exact) mass is 557 g/mol. The van der Waals surface area contributed by atoms with Crippen LogP contribution in [0.3, 0.4) is 0 Å². The molecule has 9 nitrogen and oxygen atoms in total. The number of carbonyl (C=O) groups is 1. The van der Waals surface area contributed by atoms with Gasteiger partial charge in [0.15, 0.2) is 0 Å². The highest BCUT2D eigenvalue weighted by Gasteiger charge is 2.30. The average molecular weight is 558 g/mol. The summed E-state index contributed by atoms with van der Waals surface area (Å²) in [4.78, 5) is 13.0. The maximum absolute atomic E-state index is 12.7. The molecule has 0 bridgehead atoms. The van der Waals surface area contributed by atoms with Crippen LogP contribution in [0.5, 0.6) is 5.75 Å². The van der Waals surface area contributed by atoms with Crippen molar-refractivity contribution in [1.29, 1.82) is 0 Å². The Hall–Kier alpha value is -2.34. The lowest BCUT2D eigenvalue weighted by Gasteiger charge is -2.29. The van der Waals surface area contributed by atoms with Crippen LogP contribution in [0, 0.1) is 6.92 Å². The standard InChI is InChI=1S/C24H32ClN3O6S2/c1-18-7-8-20(25)17-23(18)28(35(3,30)31)19(2)24(29)26-13-16-34-21-9-11-22(12-10-21)36(32,33)27-14-5-4-6-15-27/h7-12,17,19H,4-6,13-16H2,1-3H3,(H,26,29)/t19-/m1/s1. The Balaban J connectivity index is 1.56. The first kappa shape index (κ1) is 28.2. The van der Waals surface area contributed by atoms with Crippen molar-refractivity contribution in [1.82, 2.24) is 9.62 Å². The largest absolute Gasteiger partial charge is 0.492 e. The topological polar surface area (TPSA) is 113 Å². The molecule has 0 aliphatic carbocycles. The fourth-order valence-corrected chi connectivity index (χ4v) is 6.96. The molecule has 0 radical (unpaired) electrons. The Morgan fingerprint density at radius 3 is 2.33 bits per heavy atom. The lowest BCUT2D eigenvalue weighted by atomic mass is 10.2. The molecule has 1 fully saturated rings. The molecule has 1 amide bonds. The van der Waals surface area contributed by atoms with Gasteiger partial charge in [0.2, 0.25) is 26.0 Å². The summed E-state index contributed by atoms with van der Waals surface area (Å²) in [6, 6.07) is 10.0. The normalized spacial score (nSPS) is 15.8. The second-order valence-electron chi connectivity index (χ2n) is 8.74. The number of benzene rings is 2. The molecule has 0 spiro atoms.